The molecule has 7 nitrogen and oxygen atoms in total. The maximum Gasteiger partial charge on any atom is 0.264 e. The number of sulfonamides is 1. The van der Waals surface area contributed by atoms with Gasteiger partial charge >= 0.3 is 0 Å². The minimum Gasteiger partial charge on any atom is -0.352 e. The predicted octanol–water partition coefficient (Wildman–Crippen LogP) is 6.68. The number of halogens is 2. The molecule has 1 saturated carbocycles. The van der Waals surface area contributed by atoms with Gasteiger partial charge in [-0.3, -0.25) is 13.9 Å². The van der Waals surface area contributed by atoms with Crippen molar-refractivity contribution in [2.45, 2.75) is 62.6 Å². The van der Waals surface area contributed by atoms with Gasteiger partial charge in [0.2, 0.25) is 11.8 Å². The van der Waals surface area contributed by atoms with Gasteiger partial charge < -0.3 is 10.2 Å². The van der Waals surface area contributed by atoms with Gasteiger partial charge in [0.15, 0.2) is 0 Å². The monoisotopic (exact) mass is 661 g/mol. The normalized spacial score (nSPS) is 14.1. The molecule has 10 heteroatoms. The van der Waals surface area contributed by atoms with Crippen LogP contribution in [0.4, 0.5) is 10.1 Å². The van der Waals surface area contributed by atoms with E-state index in [-0.39, 0.29) is 40.5 Å². The van der Waals surface area contributed by atoms with Gasteiger partial charge in [-0.15, -0.1) is 0 Å². The van der Waals surface area contributed by atoms with Gasteiger partial charge in [0, 0.05) is 19.0 Å². The second-order valence-electron chi connectivity index (χ2n) is 11.6. The maximum atomic E-state index is 14.5. The number of carbonyl (C=O) groups is 2. The first-order valence-corrected chi connectivity index (χ1v) is 17.2. The highest BCUT2D eigenvalue weighted by Crippen LogP contribution is 2.29. The van der Waals surface area contributed by atoms with Crippen LogP contribution in [0, 0.1) is 12.7 Å². The first kappa shape index (κ1) is 33.2. The molecule has 5 rings (SSSR count). The van der Waals surface area contributed by atoms with E-state index < -0.39 is 34.3 Å². The van der Waals surface area contributed by atoms with E-state index in [1.54, 1.807) is 18.2 Å². The Bertz CT molecular complexity index is 1750. The second-order valence-corrected chi connectivity index (χ2v) is 13.9. The molecule has 0 saturated heterocycles. The summed E-state index contributed by atoms with van der Waals surface area (Å²) in [5.74, 6) is -1.61. The third kappa shape index (κ3) is 8.13. The molecule has 1 N–H and O–H groups in total. The Kier molecular flexibility index (Phi) is 10.8. The average molecular weight is 662 g/mol. The van der Waals surface area contributed by atoms with Gasteiger partial charge in [0.25, 0.3) is 10.0 Å². The molecule has 0 unspecified atom stereocenters. The van der Waals surface area contributed by atoms with Crippen molar-refractivity contribution >= 4 is 39.1 Å². The van der Waals surface area contributed by atoms with Gasteiger partial charge in [-0.05, 0) is 61.2 Å². The summed E-state index contributed by atoms with van der Waals surface area (Å²) < 4.78 is 43.2. The predicted molar refractivity (Wildman–Crippen MR) is 178 cm³/mol. The molecular formula is C36H37ClFN3O4S. The fourth-order valence-electron chi connectivity index (χ4n) is 5.70. The summed E-state index contributed by atoms with van der Waals surface area (Å²) in [5.41, 5.74) is 2.70. The van der Waals surface area contributed by atoms with Crippen LogP contribution in [0.2, 0.25) is 5.02 Å². The van der Waals surface area contributed by atoms with Crippen LogP contribution < -0.4 is 9.62 Å². The smallest absolute Gasteiger partial charge is 0.264 e. The van der Waals surface area contributed by atoms with E-state index in [0.29, 0.717) is 0 Å². The van der Waals surface area contributed by atoms with E-state index >= 15 is 0 Å². The number of amides is 2. The lowest BCUT2D eigenvalue weighted by molar-refractivity contribution is -0.140. The van der Waals surface area contributed by atoms with Gasteiger partial charge in [-0.1, -0.05) is 103 Å². The summed E-state index contributed by atoms with van der Waals surface area (Å²) in [6, 6.07) is 27.4. The summed E-state index contributed by atoms with van der Waals surface area (Å²) in [5, 5.41) is 2.88. The number of carbonyl (C=O) groups excluding carboxylic acids is 2. The number of hydrogen-bond acceptors (Lipinski definition) is 4. The molecule has 1 aliphatic carbocycles. The largest absolute Gasteiger partial charge is 0.352 e. The van der Waals surface area contributed by atoms with Crippen LogP contribution in [-0.4, -0.2) is 43.8 Å². The number of rotatable bonds is 12. The number of anilines is 1. The van der Waals surface area contributed by atoms with E-state index in [2.05, 4.69) is 5.32 Å². The molecule has 4 aromatic carbocycles. The fourth-order valence-corrected chi connectivity index (χ4v) is 7.30. The van der Waals surface area contributed by atoms with Crippen molar-refractivity contribution in [3.8, 4) is 0 Å². The first-order valence-electron chi connectivity index (χ1n) is 15.3. The summed E-state index contributed by atoms with van der Waals surface area (Å²) in [6.07, 6.45) is 4.00. The van der Waals surface area contributed by atoms with Crippen molar-refractivity contribution < 1.29 is 22.4 Å². The number of aryl methyl sites for hydroxylation is 1. The minimum absolute atomic E-state index is 0.0124. The lowest BCUT2D eigenvalue weighted by Gasteiger charge is -2.34. The molecule has 0 spiro atoms. The Morgan fingerprint density at radius 1 is 0.891 bits per heavy atom. The summed E-state index contributed by atoms with van der Waals surface area (Å²) in [6.45, 7) is 1.38. The molecule has 4 aromatic rings. The highest BCUT2D eigenvalue weighted by Gasteiger charge is 2.35. The van der Waals surface area contributed by atoms with Crippen molar-refractivity contribution in [1.29, 1.82) is 0 Å². The van der Waals surface area contributed by atoms with Crippen LogP contribution in [0.25, 0.3) is 0 Å². The Morgan fingerprint density at radius 2 is 1.52 bits per heavy atom. The van der Waals surface area contributed by atoms with Crippen LogP contribution in [0.5, 0.6) is 0 Å². The number of benzene rings is 4. The quantitative estimate of drug-likeness (QED) is 0.184. The molecule has 240 valence electrons. The molecule has 0 radical (unpaired) electrons. The molecule has 1 fully saturated rings. The maximum absolute atomic E-state index is 14.5. The Labute approximate surface area is 275 Å². The Hall–Kier alpha value is -4.21. The van der Waals surface area contributed by atoms with Crippen LogP contribution >= 0.6 is 11.6 Å². The molecule has 0 bridgehead atoms. The molecule has 46 heavy (non-hydrogen) atoms. The zero-order chi connectivity index (χ0) is 32.7. The second kappa shape index (κ2) is 14.9. The number of nitrogens with zero attached hydrogens (tertiary/aromatic N) is 2. The van der Waals surface area contributed by atoms with E-state index in [4.69, 9.17) is 11.6 Å². The van der Waals surface area contributed by atoms with Crippen LogP contribution in [0.15, 0.2) is 108 Å². The third-order valence-corrected chi connectivity index (χ3v) is 10.3. The third-order valence-electron chi connectivity index (χ3n) is 8.25. The van der Waals surface area contributed by atoms with Crippen molar-refractivity contribution in [1.82, 2.24) is 10.2 Å². The van der Waals surface area contributed by atoms with E-state index in [1.165, 1.54) is 29.2 Å². The van der Waals surface area contributed by atoms with Gasteiger partial charge in [-0.25, -0.2) is 12.8 Å². The molecule has 0 heterocycles. The van der Waals surface area contributed by atoms with E-state index in [9.17, 15) is 22.4 Å². The Morgan fingerprint density at radius 3 is 2.15 bits per heavy atom. The zero-order valence-electron chi connectivity index (χ0n) is 25.6. The minimum atomic E-state index is -4.31. The van der Waals surface area contributed by atoms with Crippen molar-refractivity contribution in [2.75, 3.05) is 10.8 Å². The summed E-state index contributed by atoms with van der Waals surface area (Å²) in [7, 11) is -4.31. The van der Waals surface area contributed by atoms with Crippen LogP contribution in [-0.2, 0) is 32.6 Å². The lowest BCUT2D eigenvalue weighted by atomic mass is 10.0. The van der Waals surface area contributed by atoms with Crippen molar-refractivity contribution in [3.63, 3.8) is 0 Å². The first-order chi connectivity index (χ1) is 22.1. The van der Waals surface area contributed by atoms with Crippen LogP contribution in [0.1, 0.15) is 42.4 Å². The van der Waals surface area contributed by atoms with E-state index in [1.807, 2.05) is 61.5 Å². The van der Waals surface area contributed by atoms with E-state index in [0.717, 1.165) is 52.7 Å². The molecule has 1 atom stereocenters. The lowest BCUT2D eigenvalue weighted by Crippen LogP contribution is -2.54. The summed E-state index contributed by atoms with van der Waals surface area (Å²) >= 11 is 6.09. The molecule has 1 aliphatic rings. The number of hydrogen-bond donors (Lipinski definition) is 1. The highest BCUT2D eigenvalue weighted by atomic mass is 35.5. The van der Waals surface area contributed by atoms with Gasteiger partial charge in [-0.2, -0.15) is 0 Å². The van der Waals surface area contributed by atoms with Gasteiger partial charge in [0.05, 0.1) is 15.6 Å². The summed E-state index contributed by atoms with van der Waals surface area (Å²) in [4.78, 5) is 30.0. The highest BCUT2D eigenvalue weighted by molar-refractivity contribution is 7.92. The van der Waals surface area contributed by atoms with Crippen molar-refractivity contribution in [2.24, 2.45) is 0 Å². The topological polar surface area (TPSA) is 86.8 Å². The molecule has 0 aromatic heterocycles. The molecule has 2 amide bonds. The average Bonchev–Trinajstić information content (AvgIpc) is 3.57. The molecular weight excluding hydrogens is 625 g/mol. The number of nitrogens with one attached hydrogen (secondary N) is 1. The van der Waals surface area contributed by atoms with Crippen molar-refractivity contribution in [3.05, 3.63) is 131 Å². The molecule has 0 aliphatic heterocycles. The zero-order valence-corrected chi connectivity index (χ0v) is 27.2. The standard InChI is InChI=1S/C36H37ClFN3O4S/c1-26-16-18-28(19-17-26)24-40(34(22-27-10-4-2-5-11-27)36(43)39-29-12-8-9-13-29)35(42)25-41(30-20-21-33(38)32(37)23-30)46(44,45)31-14-6-3-7-15-31/h2-7,10-11,14-21,23,29,34H,8-9,12-13,22,24-25H2,1H3,(H,39,43)/t34-/m1/s1. The van der Waals surface area contributed by atoms with Gasteiger partial charge in [0.1, 0.15) is 18.4 Å². The van der Waals surface area contributed by atoms with Crippen LogP contribution in [0.3, 0.4) is 0 Å². The fraction of sp³-hybridized carbons (Fsp3) is 0.278. The Balaban J connectivity index is 1.57. The SMILES string of the molecule is Cc1ccc(CN(C(=O)CN(c2ccc(F)c(Cl)c2)S(=O)(=O)c2ccccc2)[C@H](Cc2ccccc2)C(=O)NC2CCCC2)cc1.